The molecule has 0 heterocycles. The van der Waals surface area contributed by atoms with E-state index < -0.39 is 10.1 Å². The molecule has 0 aliphatic heterocycles. The Kier molecular flexibility index (Phi) is 9.12. The van der Waals surface area contributed by atoms with Gasteiger partial charge in [-0.3, -0.25) is 4.55 Å². The predicted molar refractivity (Wildman–Crippen MR) is 103 cm³/mol. The van der Waals surface area contributed by atoms with E-state index in [2.05, 4.69) is 12.1 Å². The second kappa shape index (κ2) is 10.8. The Morgan fingerprint density at radius 3 is 1.85 bits per heavy atom. The SMILES string of the molecule is CC(C)Oc1ccc(OC(CCN)c2ccccc2)cc1.CS(=O)(=O)O. The quantitative estimate of drug-likeness (QED) is 0.713. The zero-order valence-electron chi connectivity index (χ0n) is 15.3. The molecule has 2 aromatic rings. The lowest BCUT2D eigenvalue weighted by Gasteiger charge is -2.19. The van der Waals surface area contributed by atoms with Gasteiger partial charge in [-0.25, -0.2) is 0 Å². The van der Waals surface area contributed by atoms with Crippen LogP contribution < -0.4 is 15.2 Å². The fourth-order valence-electron chi connectivity index (χ4n) is 2.15. The van der Waals surface area contributed by atoms with Crippen molar-refractivity contribution in [2.24, 2.45) is 5.73 Å². The predicted octanol–water partition coefficient (Wildman–Crippen LogP) is 3.45. The lowest BCUT2D eigenvalue weighted by molar-refractivity contribution is 0.197. The lowest BCUT2D eigenvalue weighted by Crippen LogP contribution is -2.13. The molecule has 0 spiro atoms. The van der Waals surface area contributed by atoms with Crippen LogP contribution in [0.3, 0.4) is 0 Å². The van der Waals surface area contributed by atoms with Crippen molar-refractivity contribution in [2.75, 3.05) is 12.8 Å². The summed E-state index contributed by atoms with van der Waals surface area (Å²) in [7, 11) is -3.67. The van der Waals surface area contributed by atoms with Gasteiger partial charge in [0.05, 0.1) is 12.4 Å². The minimum atomic E-state index is -3.67. The highest BCUT2D eigenvalue weighted by Crippen LogP contribution is 2.26. The van der Waals surface area contributed by atoms with E-state index in [1.54, 1.807) is 0 Å². The van der Waals surface area contributed by atoms with Crippen molar-refractivity contribution in [3.05, 3.63) is 60.2 Å². The van der Waals surface area contributed by atoms with Crippen LogP contribution in [0.4, 0.5) is 0 Å². The maximum Gasteiger partial charge on any atom is 0.261 e. The Morgan fingerprint density at radius 2 is 1.42 bits per heavy atom. The van der Waals surface area contributed by atoms with Crippen LogP contribution in [-0.2, 0) is 10.1 Å². The lowest BCUT2D eigenvalue weighted by atomic mass is 10.1. The fourth-order valence-corrected chi connectivity index (χ4v) is 2.15. The van der Waals surface area contributed by atoms with Crippen molar-refractivity contribution in [3.63, 3.8) is 0 Å². The van der Waals surface area contributed by atoms with E-state index in [9.17, 15) is 8.42 Å². The minimum Gasteiger partial charge on any atom is -0.491 e. The van der Waals surface area contributed by atoms with E-state index in [0.717, 1.165) is 23.5 Å². The first-order chi connectivity index (χ1) is 12.2. The van der Waals surface area contributed by atoms with Crippen molar-refractivity contribution in [2.45, 2.75) is 32.5 Å². The molecule has 144 valence electrons. The van der Waals surface area contributed by atoms with Crippen LogP contribution in [-0.4, -0.2) is 31.9 Å². The molecule has 0 saturated heterocycles. The smallest absolute Gasteiger partial charge is 0.261 e. The second-order valence-electron chi connectivity index (χ2n) is 5.97. The topological polar surface area (TPSA) is 98.9 Å². The largest absolute Gasteiger partial charge is 0.491 e. The molecule has 0 aliphatic rings. The maximum absolute atomic E-state index is 9.19. The number of hydrogen-bond donors (Lipinski definition) is 2. The summed E-state index contributed by atoms with van der Waals surface area (Å²) in [6.07, 6.45) is 1.65. The standard InChI is InChI=1S/C18H23NO2.CH4O3S/c1-14(2)20-16-8-10-17(11-9-16)21-18(12-13-19)15-6-4-3-5-7-15;1-5(2,3)4/h3-11,14,18H,12-13,19H2,1-2H3;1H3,(H,2,3,4). The third kappa shape index (κ3) is 10.0. The molecule has 1 atom stereocenters. The highest BCUT2D eigenvalue weighted by molar-refractivity contribution is 7.85. The molecule has 6 nitrogen and oxygen atoms in total. The molecule has 0 fully saturated rings. The Labute approximate surface area is 155 Å². The van der Waals surface area contributed by atoms with Crippen LogP contribution in [0.2, 0.25) is 0 Å². The Morgan fingerprint density at radius 1 is 0.962 bits per heavy atom. The van der Waals surface area contributed by atoms with Crippen LogP contribution in [0.15, 0.2) is 54.6 Å². The van der Waals surface area contributed by atoms with Crippen molar-refractivity contribution in [1.82, 2.24) is 0 Å². The zero-order chi connectivity index (χ0) is 19.6. The van der Waals surface area contributed by atoms with Crippen LogP contribution in [0.25, 0.3) is 0 Å². The maximum atomic E-state index is 9.19. The van der Waals surface area contributed by atoms with Gasteiger partial charge in [-0.15, -0.1) is 0 Å². The summed E-state index contributed by atoms with van der Waals surface area (Å²) < 4.78 is 37.6. The van der Waals surface area contributed by atoms with E-state index >= 15 is 0 Å². The van der Waals surface area contributed by atoms with Gasteiger partial charge >= 0.3 is 0 Å². The summed E-state index contributed by atoms with van der Waals surface area (Å²) >= 11 is 0. The van der Waals surface area contributed by atoms with Gasteiger partial charge in [0.25, 0.3) is 10.1 Å². The molecule has 0 radical (unpaired) electrons. The highest BCUT2D eigenvalue weighted by atomic mass is 32.2. The number of benzene rings is 2. The van der Waals surface area contributed by atoms with Gasteiger partial charge in [-0.1, -0.05) is 30.3 Å². The summed E-state index contributed by atoms with van der Waals surface area (Å²) in [4.78, 5) is 0. The van der Waals surface area contributed by atoms with E-state index in [1.807, 2.05) is 56.3 Å². The van der Waals surface area contributed by atoms with Crippen molar-refractivity contribution in [1.29, 1.82) is 0 Å². The molecule has 0 aromatic heterocycles. The van der Waals surface area contributed by atoms with Crippen LogP contribution >= 0.6 is 0 Å². The van der Waals surface area contributed by atoms with E-state index in [0.29, 0.717) is 12.8 Å². The highest BCUT2D eigenvalue weighted by Gasteiger charge is 2.12. The van der Waals surface area contributed by atoms with E-state index in [1.165, 1.54) is 0 Å². The van der Waals surface area contributed by atoms with Gasteiger partial charge in [0, 0.05) is 6.42 Å². The summed E-state index contributed by atoms with van der Waals surface area (Å²) in [6.45, 7) is 4.61. The summed E-state index contributed by atoms with van der Waals surface area (Å²) in [6, 6.07) is 17.9. The van der Waals surface area contributed by atoms with E-state index in [-0.39, 0.29) is 12.2 Å². The molecule has 7 heteroatoms. The average Bonchev–Trinajstić information content (AvgIpc) is 2.55. The zero-order valence-corrected chi connectivity index (χ0v) is 16.1. The first-order valence-corrected chi connectivity index (χ1v) is 10.1. The second-order valence-corrected chi connectivity index (χ2v) is 7.43. The average molecular weight is 381 g/mol. The van der Waals surface area contributed by atoms with Crippen LogP contribution in [0, 0.1) is 0 Å². The van der Waals surface area contributed by atoms with Crippen molar-refractivity contribution >= 4 is 10.1 Å². The number of rotatable bonds is 7. The number of ether oxygens (including phenoxy) is 2. The summed E-state index contributed by atoms with van der Waals surface area (Å²) in [5.41, 5.74) is 6.84. The molecule has 3 N–H and O–H groups in total. The van der Waals surface area contributed by atoms with Gasteiger partial charge in [0.15, 0.2) is 0 Å². The van der Waals surface area contributed by atoms with Gasteiger partial charge in [-0.05, 0) is 50.2 Å². The number of hydrogen-bond acceptors (Lipinski definition) is 5. The van der Waals surface area contributed by atoms with Crippen molar-refractivity contribution in [3.8, 4) is 11.5 Å². The van der Waals surface area contributed by atoms with Gasteiger partial charge < -0.3 is 15.2 Å². The molecule has 0 bridgehead atoms. The fraction of sp³-hybridized carbons (Fsp3) is 0.368. The van der Waals surface area contributed by atoms with Gasteiger partial charge in [-0.2, -0.15) is 8.42 Å². The Hall–Kier alpha value is -2.09. The third-order valence-corrected chi connectivity index (χ3v) is 3.07. The monoisotopic (exact) mass is 381 g/mol. The summed E-state index contributed by atoms with van der Waals surface area (Å²) in [5.74, 6) is 1.68. The van der Waals surface area contributed by atoms with Crippen molar-refractivity contribution < 1.29 is 22.4 Å². The van der Waals surface area contributed by atoms with Gasteiger partial charge in [0.2, 0.25) is 0 Å². The molecule has 0 aliphatic carbocycles. The first-order valence-electron chi connectivity index (χ1n) is 8.30. The Balaban J connectivity index is 0.000000597. The summed E-state index contributed by atoms with van der Waals surface area (Å²) in [5, 5.41) is 0. The molecular formula is C19H27NO5S. The van der Waals surface area contributed by atoms with Crippen LogP contribution in [0.1, 0.15) is 31.9 Å². The molecule has 2 rings (SSSR count). The van der Waals surface area contributed by atoms with Gasteiger partial charge in [0.1, 0.15) is 17.6 Å². The molecule has 0 amide bonds. The third-order valence-electron chi connectivity index (χ3n) is 3.07. The minimum absolute atomic E-state index is 0.0203. The molecular weight excluding hydrogens is 354 g/mol. The van der Waals surface area contributed by atoms with E-state index in [4.69, 9.17) is 19.8 Å². The normalized spacial score (nSPS) is 12.1. The number of nitrogens with two attached hydrogens (primary N) is 1. The molecule has 0 saturated carbocycles. The molecule has 26 heavy (non-hydrogen) atoms. The Bertz CT molecular complexity index is 722. The molecule has 2 aromatic carbocycles. The first kappa shape index (κ1) is 22.0. The molecule has 1 unspecified atom stereocenters. The van der Waals surface area contributed by atoms with Crippen LogP contribution in [0.5, 0.6) is 11.5 Å².